The molecule has 0 fully saturated rings. The number of anilines is 1. The summed E-state index contributed by atoms with van der Waals surface area (Å²) in [6.07, 6.45) is 1.19. The molecule has 0 aliphatic rings. The quantitative estimate of drug-likeness (QED) is 0.738. The van der Waals surface area contributed by atoms with Crippen LogP contribution in [-0.4, -0.2) is 27.0 Å². The highest BCUT2D eigenvalue weighted by Crippen LogP contribution is 2.18. The third kappa shape index (κ3) is 2.98. The van der Waals surface area contributed by atoms with E-state index < -0.39 is 20.0 Å². The normalized spacial score (nSPS) is 12.3. The topological polar surface area (TPSA) is 135 Å². The maximum absolute atomic E-state index is 12.1. The molecule has 10 heteroatoms. The number of benzene rings is 1. The molecule has 2 rings (SSSR count). The Morgan fingerprint density at radius 1 is 1.15 bits per heavy atom. The summed E-state index contributed by atoms with van der Waals surface area (Å²) in [5.74, 6) is 0. The molecule has 1 aromatic heterocycles. The van der Waals surface area contributed by atoms with Gasteiger partial charge in [-0.05, 0) is 31.2 Å². The molecule has 2 aromatic rings. The third-order valence-corrected chi connectivity index (χ3v) is 4.93. The van der Waals surface area contributed by atoms with Crippen molar-refractivity contribution >= 4 is 25.7 Å². The fraction of sp³-hybridized carbons (Fsp3) is 0.100. The third-order valence-electron chi connectivity index (χ3n) is 2.51. The molecule has 0 aliphatic carbocycles. The molecule has 8 nitrogen and oxygen atoms in total. The van der Waals surface area contributed by atoms with Gasteiger partial charge in [0, 0.05) is 5.69 Å². The maximum Gasteiger partial charge on any atom is 0.265 e. The van der Waals surface area contributed by atoms with Gasteiger partial charge in [0.2, 0.25) is 10.0 Å². The lowest BCUT2D eigenvalue weighted by Crippen LogP contribution is -2.14. The number of aromatic amines is 1. The van der Waals surface area contributed by atoms with Crippen LogP contribution >= 0.6 is 0 Å². The van der Waals surface area contributed by atoms with Crippen molar-refractivity contribution < 1.29 is 16.8 Å². The predicted octanol–water partition coefficient (Wildman–Crippen LogP) is 0.166. The van der Waals surface area contributed by atoms with Crippen LogP contribution in [0.25, 0.3) is 0 Å². The summed E-state index contributed by atoms with van der Waals surface area (Å²) in [7, 11) is -7.58. The average Bonchev–Trinajstić information content (AvgIpc) is 2.75. The van der Waals surface area contributed by atoms with Crippen molar-refractivity contribution in [2.75, 3.05) is 4.72 Å². The fourth-order valence-corrected chi connectivity index (χ4v) is 3.25. The number of H-pyrrole nitrogens is 1. The molecule has 4 N–H and O–H groups in total. The predicted molar refractivity (Wildman–Crippen MR) is 71.9 cm³/mol. The summed E-state index contributed by atoms with van der Waals surface area (Å²) >= 11 is 0. The zero-order chi connectivity index (χ0) is 15.0. The molecule has 0 bridgehead atoms. The summed E-state index contributed by atoms with van der Waals surface area (Å²) in [6.45, 7) is 1.58. The van der Waals surface area contributed by atoms with Gasteiger partial charge >= 0.3 is 0 Å². The highest BCUT2D eigenvalue weighted by atomic mass is 32.2. The lowest BCUT2D eigenvalue weighted by Gasteiger charge is -2.07. The molecule has 0 saturated heterocycles. The van der Waals surface area contributed by atoms with E-state index in [-0.39, 0.29) is 15.5 Å². The standard InChI is InChI=1S/C10H12N4O4S2/c1-7-10(6-12-13-7)20(17,18)14-8-2-4-9(5-3-8)19(11,15)16/h2-6,14H,1H3,(H,12,13)(H2,11,15,16). The van der Waals surface area contributed by atoms with E-state index in [0.29, 0.717) is 5.69 Å². The van der Waals surface area contributed by atoms with Crippen molar-refractivity contribution in [3.8, 4) is 0 Å². The van der Waals surface area contributed by atoms with Crippen molar-refractivity contribution in [2.24, 2.45) is 5.14 Å². The van der Waals surface area contributed by atoms with E-state index in [2.05, 4.69) is 14.9 Å². The number of hydrogen-bond acceptors (Lipinski definition) is 5. The van der Waals surface area contributed by atoms with Crippen LogP contribution < -0.4 is 9.86 Å². The van der Waals surface area contributed by atoms with Crippen LogP contribution in [0.1, 0.15) is 5.69 Å². The van der Waals surface area contributed by atoms with Gasteiger partial charge in [-0.2, -0.15) is 5.10 Å². The molecule has 0 amide bonds. The number of nitrogens with two attached hydrogens (primary N) is 1. The molecule has 0 radical (unpaired) electrons. The number of hydrogen-bond donors (Lipinski definition) is 3. The van der Waals surface area contributed by atoms with E-state index >= 15 is 0 Å². The highest BCUT2D eigenvalue weighted by molar-refractivity contribution is 7.92. The van der Waals surface area contributed by atoms with Crippen LogP contribution in [-0.2, 0) is 20.0 Å². The van der Waals surface area contributed by atoms with Gasteiger partial charge in [-0.3, -0.25) is 9.82 Å². The molecular weight excluding hydrogens is 304 g/mol. The first-order chi connectivity index (χ1) is 9.20. The Hall–Kier alpha value is -1.91. The number of sulfonamides is 2. The lowest BCUT2D eigenvalue weighted by molar-refractivity contribution is 0.597. The van der Waals surface area contributed by atoms with Gasteiger partial charge in [0.05, 0.1) is 16.8 Å². The van der Waals surface area contributed by atoms with Crippen LogP contribution in [0.4, 0.5) is 5.69 Å². The summed E-state index contributed by atoms with van der Waals surface area (Å²) in [5.41, 5.74) is 0.622. The Bertz CT molecular complexity index is 822. The van der Waals surface area contributed by atoms with Gasteiger partial charge in [0.25, 0.3) is 10.0 Å². The molecule has 0 atom stereocenters. The molecule has 0 aliphatic heterocycles. The molecule has 0 unspecified atom stereocenters. The van der Waals surface area contributed by atoms with Gasteiger partial charge in [-0.25, -0.2) is 22.0 Å². The summed E-state index contributed by atoms with van der Waals surface area (Å²) in [4.78, 5) is -0.0760. The van der Waals surface area contributed by atoms with E-state index in [9.17, 15) is 16.8 Å². The fourth-order valence-electron chi connectivity index (χ4n) is 1.53. The molecular formula is C10H12N4O4S2. The van der Waals surface area contributed by atoms with Crippen molar-refractivity contribution in [3.05, 3.63) is 36.2 Å². The zero-order valence-electron chi connectivity index (χ0n) is 10.4. The molecule has 0 spiro atoms. The zero-order valence-corrected chi connectivity index (χ0v) is 12.0. The van der Waals surface area contributed by atoms with E-state index in [0.717, 1.165) is 0 Å². The Morgan fingerprint density at radius 3 is 2.20 bits per heavy atom. The largest absolute Gasteiger partial charge is 0.281 e. The Kier molecular flexibility index (Phi) is 3.54. The van der Waals surface area contributed by atoms with E-state index in [1.807, 2.05) is 0 Å². The second-order valence-corrected chi connectivity index (χ2v) is 7.25. The van der Waals surface area contributed by atoms with Gasteiger partial charge < -0.3 is 0 Å². The second kappa shape index (κ2) is 4.89. The number of aromatic nitrogens is 2. The summed E-state index contributed by atoms with van der Waals surface area (Å²) < 4.78 is 48.6. The first kappa shape index (κ1) is 14.5. The molecule has 0 saturated carbocycles. The monoisotopic (exact) mass is 316 g/mol. The smallest absolute Gasteiger partial charge is 0.265 e. The minimum Gasteiger partial charge on any atom is -0.281 e. The van der Waals surface area contributed by atoms with Gasteiger partial charge in [0.15, 0.2) is 0 Å². The highest BCUT2D eigenvalue weighted by Gasteiger charge is 2.18. The van der Waals surface area contributed by atoms with Crippen molar-refractivity contribution in [3.63, 3.8) is 0 Å². The Morgan fingerprint density at radius 2 is 1.75 bits per heavy atom. The van der Waals surface area contributed by atoms with Gasteiger partial charge in [-0.15, -0.1) is 0 Å². The van der Waals surface area contributed by atoms with Crippen LogP contribution in [0.5, 0.6) is 0 Å². The van der Waals surface area contributed by atoms with Gasteiger partial charge in [-0.1, -0.05) is 0 Å². The number of aryl methyl sites for hydroxylation is 1. The van der Waals surface area contributed by atoms with Crippen molar-refractivity contribution in [1.29, 1.82) is 0 Å². The SMILES string of the molecule is Cc1[nH]ncc1S(=O)(=O)Nc1ccc(S(N)(=O)=O)cc1. The molecule has 20 heavy (non-hydrogen) atoms. The molecule has 1 aromatic carbocycles. The lowest BCUT2D eigenvalue weighted by atomic mass is 10.3. The van der Waals surface area contributed by atoms with Gasteiger partial charge in [0.1, 0.15) is 4.90 Å². The van der Waals surface area contributed by atoms with Crippen molar-refractivity contribution in [2.45, 2.75) is 16.7 Å². The van der Waals surface area contributed by atoms with Crippen LogP contribution in [0.15, 0.2) is 40.3 Å². The second-order valence-electron chi connectivity index (χ2n) is 4.03. The van der Waals surface area contributed by atoms with Crippen LogP contribution in [0, 0.1) is 6.92 Å². The minimum atomic E-state index is -3.81. The van der Waals surface area contributed by atoms with Crippen LogP contribution in [0.3, 0.4) is 0 Å². The van der Waals surface area contributed by atoms with E-state index in [1.54, 1.807) is 6.92 Å². The van der Waals surface area contributed by atoms with E-state index in [4.69, 9.17) is 5.14 Å². The minimum absolute atomic E-state index is 0.0213. The maximum atomic E-state index is 12.1. The van der Waals surface area contributed by atoms with Crippen LogP contribution in [0.2, 0.25) is 0 Å². The first-order valence-electron chi connectivity index (χ1n) is 5.36. The molecule has 108 valence electrons. The van der Waals surface area contributed by atoms with E-state index in [1.165, 1.54) is 30.5 Å². The number of nitrogens with one attached hydrogen (secondary N) is 2. The number of primary sulfonamides is 1. The number of nitrogens with zero attached hydrogens (tertiary/aromatic N) is 1. The first-order valence-corrected chi connectivity index (χ1v) is 8.39. The van der Waals surface area contributed by atoms with Crippen molar-refractivity contribution in [1.82, 2.24) is 10.2 Å². The summed E-state index contributed by atoms with van der Waals surface area (Å²) in [5, 5.41) is 11.1. The Labute approximate surface area is 116 Å². The molecule has 1 heterocycles. The Balaban J connectivity index is 2.29. The number of rotatable bonds is 4. The summed E-state index contributed by atoms with van der Waals surface area (Å²) in [6, 6.07) is 5.06. The average molecular weight is 316 g/mol.